The number of aliphatic carboxylic acids is 1. The number of aliphatic hydroxyl groups excluding tert-OH is 2. The lowest BCUT2D eigenvalue weighted by Gasteiger charge is -2.30. The molecule has 0 aromatic rings. The van der Waals surface area contributed by atoms with Gasteiger partial charge in [0.25, 0.3) is 0 Å². The molecule has 1 unspecified atom stereocenters. The van der Waals surface area contributed by atoms with Gasteiger partial charge in [-0.15, -0.1) is 0 Å². The zero-order valence-electron chi connectivity index (χ0n) is 8.66. The van der Waals surface area contributed by atoms with Gasteiger partial charge in [-0.1, -0.05) is 13.8 Å². The van der Waals surface area contributed by atoms with E-state index in [4.69, 9.17) is 15.3 Å². The summed E-state index contributed by atoms with van der Waals surface area (Å²) in [6.45, 7) is 3.23. The normalized spacial score (nSPS) is 14.0. The van der Waals surface area contributed by atoms with Crippen molar-refractivity contribution in [2.24, 2.45) is 5.92 Å². The van der Waals surface area contributed by atoms with E-state index in [0.717, 1.165) is 0 Å². The highest BCUT2D eigenvalue weighted by Crippen LogP contribution is 2.09. The Labute approximate surface area is 83.8 Å². The number of carbonyl (C=O) groups is 1. The molecule has 4 N–H and O–H groups in total. The number of carboxylic acids is 1. The van der Waals surface area contributed by atoms with Gasteiger partial charge in [-0.2, -0.15) is 0 Å². The fraction of sp³-hybridized carbons (Fsp3) is 0.889. The molecule has 0 saturated heterocycles. The summed E-state index contributed by atoms with van der Waals surface area (Å²) in [6.07, 6.45) is 0.548. The minimum atomic E-state index is -0.890. The summed E-state index contributed by atoms with van der Waals surface area (Å²) in [7, 11) is 0. The van der Waals surface area contributed by atoms with Gasteiger partial charge in [0.2, 0.25) is 0 Å². The minimum Gasteiger partial charge on any atom is -0.481 e. The van der Waals surface area contributed by atoms with E-state index in [1.807, 2.05) is 6.92 Å². The van der Waals surface area contributed by atoms with Crippen LogP contribution in [0.3, 0.4) is 0 Å². The summed E-state index contributed by atoms with van der Waals surface area (Å²) >= 11 is 0. The number of rotatable bonds is 7. The summed E-state index contributed by atoms with van der Waals surface area (Å²) < 4.78 is 0. The Morgan fingerprint density at radius 1 is 1.43 bits per heavy atom. The van der Waals surface area contributed by atoms with Crippen LogP contribution in [0.25, 0.3) is 0 Å². The summed E-state index contributed by atoms with van der Waals surface area (Å²) in [4.78, 5) is 10.5. The molecule has 0 fully saturated rings. The van der Waals surface area contributed by atoms with Gasteiger partial charge in [-0.05, 0) is 6.42 Å². The van der Waals surface area contributed by atoms with Gasteiger partial charge >= 0.3 is 5.97 Å². The molecule has 0 aliphatic heterocycles. The smallest absolute Gasteiger partial charge is 0.307 e. The molecule has 0 aliphatic carbocycles. The first kappa shape index (κ1) is 13.4. The molecule has 0 saturated carbocycles. The quantitative estimate of drug-likeness (QED) is 0.447. The summed E-state index contributed by atoms with van der Waals surface area (Å²) in [6, 6.07) is 0. The first-order valence-electron chi connectivity index (χ1n) is 4.71. The largest absolute Gasteiger partial charge is 0.481 e. The third-order valence-electron chi connectivity index (χ3n) is 2.49. The van der Waals surface area contributed by atoms with Crippen LogP contribution in [-0.4, -0.2) is 46.6 Å². The van der Waals surface area contributed by atoms with E-state index in [1.54, 1.807) is 6.92 Å². The number of nitrogens with one attached hydrogen (secondary N) is 1. The van der Waals surface area contributed by atoms with Crippen molar-refractivity contribution >= 4 is 5.97 Å². The molecule has 14 heavy (non-hydrogen) atoms. The molecule has 0 aliphatic rings. The zero-order chi connectivity index (χ0) is 11.2. The van der Waals surface area contributed by atoms with Gasteiger partial charge < -0.3 is 20.6 Å². The van der Waals surface area contributed by atoms with Gasteiger partial charge in [-0.3, -0.25) is 4.79 Å². The third-order valence-corrected chi connectivity index (χ3v) is 2.49. The van der Waals surface area contributed by atoms with Crippen LogP contribution in [0.4, 0.5) is 0 Å². The molecule has 0 amide bonds. The van der Waals surface area contributed by atoms with Crippen LogP contribution >= 0.6 is 0 Å². The summed E-state index contributed by atoms with van der Waals surface area (Å²) in [5.41, 5.74) is -0.760. The molecule has 0 spiro atoms. The van der Waals surface area contributed by atoms with E-state index in [9.17, 15) is 4.79 Å². The van der Waals surface area contributed by atoms with Crippen molar-refractivity contribution in [1.82, 2.24) is 5.32 Å². The molecule has 5 nitrogen and oxygen atoms in total. The highest BCUT2D eigenvalue weighted by molar-refractivity contribution is 5.69. The van der Waals surface area contributed by atoms with Crippen LogP contribution in [-0.2, 0) is 4.79 Å². The topological polar surface area (TPSA) is 89.8 Å². The average Bonchev–Trinajstić information content (AvgIpc) is 2.20. The summed E-state index contributed by atoms with van der Waals surface area (Å²) in [5.74, 6) is -1.42. The van der Waals surface area contributed by atoms with Crippen molar-refractivity contribution in [2.45, 2.75) is 25.8 Å². The van der Waals surface area contributed by atoms with Crippen LogP contribution in [0.5, 0.6) is 0 Å². The molecule has 0 radical (unpaired) electrons. The molecule has 0 bridgehead atoms. The number of hydrogen-bond donors (Lipinski definition) is 4. The maximum Gasteiger partial charge on any atom is 0.307 e. The lowest BCUT2D eigenvalue weighted by molar-refractivity contribution is -0.141. The van der Waals surface area contributed by atoms with Gasteiger partial charge in [0.05, 0.1) is 24.7 Å². The van der Waals surface area contributed by atoms with Crippen molar-refractivity contribution in [1.29, 1.82) is 0 Å². The predicted octanol–water partition coefficient (Wildman–Crippen LogP) is -0.570. The van der Waals surface area contributed by atoms with E-state index in [0.29, 0.717) is 6.42 Å². The lowest BCUT2D eigenvalue weighted by Crippen LogP contribution is -2.53. The second-order valence-electron chi connectivity index (χ2n) is 3.57. The molecule has 5 heteroatoms. The third kappa shape index (κ3) is 3.61. The molecule has 84 valence electrons. The molecule has 0 rings (SSSR count). The standard InChI is InChI=1S/C9H19NO4/c1-3-9(5-11,6-12)10-4-7(2)8(13)14/h7,10-12H,3-6H2,1-2H3,(H,13,14). The summed E-state index contributed by atoms with van der Waals surface area (Å²) in [5, 5.41) is 29.6. The maximum absolute atomic E-state index is 10.5. The molecular formula is C9H19NO4. The van der Waals surface area contributed by atoms with E-state index >= 15 is 0 Å². The number of hydrogen-bond acceptors (Lipinski definition) is 4. The average molecular weight is 205 g/mol. The van der Waals surface area contributed by atoms with Gasteiger partial charge in [0, 0.05) is 6.54 Å². The van der Waals surface area contributed by atoms with Gasteiger partial charge in [-0.25, -0.2) is 0 Å². The van der Waals surface area contributed by atoms with Crippen molar-refractivity contribution in [3.8, 4) is 0 Å². The highest BCUT2D eigenvalue weighted by atomic mass is 16.4. The fourth-order valence-electron chi connectivity index (χ4n) is 0.967. The monoisotopic (exact) mass is 205 g/mol. The Morgan fingerprint density at radius 2 is 1.93 bits per heavy atom. The van der Waals surface area contributed by atoms with E-state index < -0.39 is 17.4 Å². The van der Waals surface area contributed by atoms with Crippen LogP contribution in [0.1, 0.15) is 20.3 Å². The fourth-order valence-corrected chi connectivity index (χ4v) is 0.967. The van der Waals surface area contributed by atoms with Crippen molar-refractivity contribution < 1.29 is 20.1 Å². The number of aliphatic hydroxyl groups is 2. The highest BCUT2D eigenvalue weighted by Gasteiger charge is 2.27. The predicted molar refractivity (Wildman–Crippen MR) is 52.0 cm³/mol. The van der Waals surface area contributed by atoms with Crippen LogP contribution in [0.15, 0.2) is 0 Å². The maximum atomic E-state index is 10.5. The number of carboxylic acid groups (broad SMARTS) is 1. The van der Waals surface area contributed by atoms with Gasteiger partial charge in [0.15, 0.2) is 0 Å². The van der Waals surface area contributed by atoms with E-state index in [-0.39, 0.29) is 19.8 Å². The molecule has 0 aromatic heterocycles. The van der Waals surface area contributed by atoms with Crippen LogP contribution < -0.4 is 5.32 Å². The van der Waals surface area contributed by atoms with E-state index in [1.165, 1.54) is 0 Å². The zero-order valence-corrected chi connectivity index (χ0v) is 8.66. The molecule has 0 heterocycles. The molecule has 0 aromatic carbocycles. The van der Waals surface area contributed by atoms with Crippen LogP contribution in [0, 0.1) is 5.92 Å². The SMILES string of the molecule is CCC(CO)(CO)NCC(C)C(=O)O. The Bertz CT molecular complexity index is 171. The first-order valence-corrected chi connectivity index (χ1v) is 4.71. The lowest BCUT2D eigenvalue weighted by atomic mass is 9.97. The Balaban J connectivity index is 4.12. The Hall–Kier alpha value is -0.650. The Kier molecular flexibility index (Phi) is 5.68. The molecular weight excluding hydrogens is 186 g/mol. The van der Waals surface area contributed by atoms with Gasteiger partial charge in [0.1, 0.15) is 0 Å². The second kappa shape index (κ2) is 5.95. The Morgan fingerprint density at radius 3 is 2.21 bits per heavy atom. The molecule has 1 atom stereocenters. The minimum absolute atomic E-state index is 0.202. The first-order chi connectivity index (χ1) is 6.51. The van der Waals surface area contributed by atoms with E-state index in [2.05, 4.69) is 5.32 Å². The van der Waals surface area contributed by atoms with Crippen molar-refractivity contribution in [3.05, 3.63) is 0 Å². The van der Waals surface area contributed by atoms with Crippen molar-refractivity contribution in [3.63, 3.8) is 0 Å². The second-order valence-corrected chi connectivity index (χ2v) is 3.57. The van der Waals surface area contributed by atoms with Crippen molar-refractivity contribution in [2.75, 3.05) is 19.8 Å². The van der Waals surface area contributed by atoms with Crippen LogP contribution in [0.2, 0.25) is 0 Å².